The number of aryl methyl sites for hydroxylation is 1. The summed E-state index contributed by atoms with van der Waals surface area (Å²) in [5.74, 6) is -1.46. The number of anilines is 1. The monoisotopic (exact) mass is 478 g/mol. The second kappa shape index (κ2) is 9.93. The number of nitrogens with one attached hydrogen (secondary N) is 1. The average molecular weight is 479 g/mol. The highest BCUT2D eigenvalue weighted by Gasteiger charge is 2.26. The number of nitrogens with zero attached hydrogens (tertiary/aromatic N) is 1. The van der Waals surface area contributed by atoms with Gasteiger partial charge in [-0.05, 0) is 56.5 Å². The van der Waals surface area contributed by atoms with Crippen LogP contribution in [0.25, 0.3) is 0 Å². The molecular weight excluding hydrogens is 452 g/mol. The second-order valence-electron chi connectivity index (χ2n) is 7.66. The highest BCUT2D eigenvalue weighted by molar-refractivity contribution is 7.89. The maximum Gasteiger partial charge on any atom is 0.341 e. The van der Waals surface area contributed by atoms with E-state index in [4.69, 9.17) is 4.74 Å². The Labute approximate surface area is 191 Å². The molecule has 0 unspecified atom stereocenters. The quantitative estimate of drug-likeness (QED) is 0.482. The highest BCUT2D eigenvalue weighted by Crippen LogP contribution is 2.33. The molecule has 172 valence electrons. The van der Waals surface area contributed by atoms with Gasteiger partial charge in [0.05, 0.1) is 10.5 Å². The molecule has 0 aliphatic carbocycles. The van der Waals surface area contributed by atoms with Gasteiger partial charge < -0.3 is 10.1 Å². The van der Waals surface area contributed by atoms with Gasteiger partial charge in [0.15, 0.2) is 12.4 Å². The van der Waals surface area contributed by atoms with E-state index in [9.17, 15) is 22.8 Å². The third-order valence-corrected chi connectivity index (χ3v) is 8.38. The number of benzene rings is 1. The van der Waals surface area contributed by atoms with Gasteiger partial charge in [-0.25, -0.2) is 13.2 Å². The van der Waals surface area contributed by atoms with Crippen LogP contribution in [0.4, 0.5) is 5.00 Å². The lowest BCUT2D eigenvalue weighted by Gasteiger charge is -2.25. The molecule has 32 heavy (non-hydrogen) atoms. The van der Waals surface area contributed by atoms with Gasteiger partial charge in [-0.15, -0.1) is 11.3 Å². The standard InChI is InChI=1S/C22H26N2O6S2/c1-14-15(2)31-21(23-16(3)25)20(14)22(27)30-13-19(26)17-7-9-18(10-8-17)32(28,29)24-11-5-4-6-12-24/h7-10H,4-6,11-13H2,1-3H3,(H,23,25). The van der Waals surface area contributed by atoms with Crippen LogP contribution in [-0.2, 0) is 19.6 Å². The van der Waals surface area contributed by atoms with Crippen molar-refractivity contribution in [3.8, 4) is 0 Å². The van der Waals surface area contributed by atoms with E-state index in [1.165, 1.54) is 46.8 Å². The zero-order valence-electron chi connectivity index (χ0n) is 18.3. The number of carbonyl (C=O) groups is 3. The van der Waals surface area contributed by atoms with Crippen LogP contribution in [0, 0.1) is 13.8 Å². The molecule has 1 saturated heterocycles. The number of ether oxygens (including phenoxy) is 1. The molecule has 10 heteroatoms. The van der Waals surface area contributed by atoms with E-state index in [1.807, 2.05) is 6.92 Å². The van der Waals surface area contributed by atoms with Crippen molar-refractivity contribution in [3.05, 3.63) is 45.8 Å². The number of thiophene rings is 1. The summed E-state index contributed by atoms with van der Waals surface area (Å²) in [6.07, 6.45) is 2.71. The van der Waals surface area contributed by atoms with Gasteiger partial charge in [-0.2, -0.15) is 4.31 Å². The maximum absolute atomic E-state index is 12.7. The van der Waals surface area contributed by atoms with Crippen molar-refractivity contribution in [1.29, 1.82) is 0 Å². The van der Waals surface area contributed by atoms with E-state index in [-0.39, 0.29) is 21.9 Å². The van der Waals surface area contributed by atoms with Crippen LogP contribution >= 0.6 is 11.3 Å². The fraction of sp³-hybridized carbons (Fsp3) is 0.409. The first-order valence-electron chi connectivity index (χ1n) is 10.3. The van der Waals surface area contributed by atoms with Gasteiger partial charge in [-0.1, -0.05) is 6.42 Å². The summed E-state index contributed by atoms with van der Waals surface area (Å²) < 4.78 is 32.1. The Morgan fingerprint density at radius 1 is 1.06 bits per heavy atom. The fourth-order valence-electron chi connectivity index (χ4n) is 3.47. The van der Waals surface area contributed by atoms with Crippen molar-refractivity contribution in [1.82, 2.24) is 4.31 Å². The third kappa shape index (κ3) is 5.25. The number of hydrogen-bond donors (Lipinski definition) is 1. The minimum Gasteiger partial charge on any atom is -0.454 e. The van der Waals surface area contributed by atoms with Crippen LogP contribution in [0.2, 0.25) is 0 Å². The first kappa shape index (κ1) is 24.1. The van der Waals surface area contributed by atoms with Crippen LogP contribution < -0.4 is 5.32 Å². The summed E-state index contributed by atoms with van der Waals surface area (Å²) in [6.45, 7) is 5.43. The van der Waals surface area contributed by atoms with Crippen LogP contribution in [0.5, 0.6) is 0 Å². The molecule has 0 spiro atoms. The molecule has 2 aromatic rings. The Balaban J connectivity index is 1.67. The predicted octanol–water partition coefficient (Wildman–Crippen LogP) is 3.54. The SMILES string of the molecule is CC(=O)Nc1sc(C)c(C)c1C(=O)OCC(=O)c1ccc(S(=O)(=O)N2CCCCC2)cc1. The summed E-state index contributed by atoms with van der Waals surface area (Å²) in [4.78, 5) is 37.5. The topological polar surface area (TPSA) is 110 Å². The lowest BCUT2D eigenvalue weighted by molar-refractivity contribution is -0.114. The van der Waals surface area contributed by atoms with E-state index >= 15 is 0 Å². The Morgan fingerprint density at radius 3 is 2.28 bits per heavy atom. The van der Waals surface area contributed by atoms with Crippen molar-refractivity contribution in [2.24, 2.45) is 0 Å². The van der Waals surface area contributed by atoms with E-state index in [0.717, 1.165) is 24.1 Å². The molecule has 1 aromatic carbocycles. The van der Waals surface area contributed by atoms with Gasteiger partial charge in [0, 0.05) is 30.5 Å². The molecule has 1 fully saturated rings. The molecule has 0 bridgehead atoms. The molecule has 1 N–H and O–H groups in total. The molecule has 1 aliphatic heterocycles. The van der Waals surface area contributed by atoms with Crippen LogP contribution in [0.3, 0.4) is 0 Å². The van der Waals surface area contributed by atoms with Crippen molar-refractivity contribution in [2.75, 3.05) is 25.0 Å². The normalized spacial score (nSPS) is 14.7. The maximum atomic E-state index is 12.7. The van der Waals surface area contributed by atoms with Gasteiger partial charge in [0.2, 0.25) is 15.9 Å². The molecule has 1 aromatic heterocycles. The number of ketones is 1. The molecule has 0 radical (unpaired) electrons. The van der Waals surface area contributed by atoms with Gasteiger partial charge in [0.1, 0.15) is 5.00 Å². The minimum atomic E-state index is -3.58. The first-order valence-corrected chi connectivity index (χ1v) is 12.5. The largest absolute Gasteiger partial charge is 0.454 e. The number of esters is 1. The number of amides is 1. The van der Waals surface area contributed by atoms with Gasteiger partial charge in [0.25, 0.3) is 0 Å². The smallest absolute Gasteiger partial charge is 0.341 e. The summed E-state index contributed by atoms with van der Waals surface area (Å²) >= 11 is 1.27. The molecular formula is C22H26N2O6S2. The van der Waals surface area contributed by atoms with Crippen LogP contribution in [-0.4, -0.2) is 50.1 Å². The Morgan fingerprint density at radius 2 is 1.69 bits per heavy atom. The highest BCUT2D eigenvalue weighted by atomic mass is 32.2. The molecule has 8 nitrogen and oxygen atoms in total. The molecule has 1 amide bonds. The van der Waals surface area contributed by atoms with Gasteiger partial charge in [-0.3, -0.25) is 9.59 Å². The predicted molar refractivity (Wildman–Crippen MR) is 122 cm³/mol. The molecule has 1 aliphatic rings. The van der Waals surface area contributed by atoms with E-state index in [2.05, 4.69) is 5.32 Å². The summed E-state index contributed by atoms with van der Waals surface area (Å²) in [7, 11) is -3.58. The van der Waals surface area contributed by atoms with Crippen molar-refractivity contribution < 1.29 is 27.5 Å². The van der Waals surface area contributed by atoms with Gasteiger partial charge >= 0.3 is 5.97 Å². The number of hydrogen-bond acceptors (Lipinski definition) is 7. The Kier molecular flexibility index (Phi) is 7.47. The number of rotatable bonds is 7. The van der Waals surface area contributed by atoms with E-state index in [1.54, 1.807) is 6.92 Å². The lowest BCUT2D eigenvalue weighted by atomic mass is 10.1. The molecule has 0 atom stereocenters. The van der Waals surface area contributed by atoms with Crippen LogP contribution in [0.15, 0.2) is 29.2 Å². The second-order valence-corrected chi connectivity index (χ2v) is 10.8. The van der Waals surface area contributed by atoms with E-state index < -0.39 is 28.4 Å². The number of Topliss-reactive ketones (excluding diaryl/α,β-unsaturated/α-hetero) is 1. The average Bonchev–Trinajstić information content (AvgIpc) is 3.04. The minimum absolute atomic E-state index is 0.136. The fourth-order valence-corrected chi connectivity index (χ4v) is 6.09. The van der Waals surface area contributed by atoms with Crippen LogP contribution in [0.1, 0.15) is 57.3 Å². The Bertz CT molecular complexity index is 1130. The molecule has 3 rings (SSSR count). The zero-order chi connectivity index (χ0) is 23.5. The zero-order valence-corrected chi connectivity index (χ0v) is 19.9. The molecule has 0 saturated carbocycles. The van der Waals surface area contributed by atoms with Crippen molar-refractivity contribution in [2.45, 2.75) is 44.9 Å². The molecule has 2 heterocycles. The Hall–Kier alpha value is -2.56. The summed E-state index contributed by atoms with van der Waals surface area (Å²) in [5, 5.41) is 3.00. The number of carbonyl (C=O) groups excluding carboxylic acids is 3. The summed E-state index contributed by atoms with van der Waals surface area (Å²) in [6, 6.07) is 5.66. The first-order chi connectivity index (χ1) is 15.1. The van der Waals surface area contributed by atoms with E-state index in [0.29, 0.717) is 23.7 Å². The van der Waals surface area contributed by atoms with Crippen molar-refractivity contribution in [3.63, 3.8) is 0 Å². The van der Waals surface area contributed by atoms with Crippen molar-refractivity contribution >= 4 is 44.0 Å². The lowest BCUT2D eigenvalue weighted by Crippen LogP contribution is -2.35. The number of piperidine rings is 1. The number of sulfonamides is 1. The third-order valence-electron chi connectivity index (χ3n) is 5.34. The summed E-state index contributed by atoms with van der Waals surface area (Å²) in [5.41, 5.74) is 1.16.